The highest BCUT2D eigenvalue weighted by Crippen LogP contribution is 2.46. The third-order valence-electron chi connectivity index (χ3n) is 4.74. The Morgan fingerprint density at radius 2 is 1.90 bits per heavy atom. The van der Waals surface area contributed by atoms with Crippen molar-refractivity contribution in [1.29, 1.82) is 0 Å². The minimum absolute atomic E-state index is 0.251. The molecule has 0 aromatic heterocycles. The van der Waals surface area contributed by atoms with Crippen molar-refractivity contribution < 1.29 is 17.9 Å². The summed E-state index contributed by atoms with van der Waals surface area (Å²) in [5.41, 5.74) is 0.908. The van der Waals surface area contributed by atoms with Gasteiger partial charge < -0.3 is 9.47 Å². The highest BCUT2D eigenvalue weighted by atomic mass is 32.2. The maximum Gasteiger partial charge on any atom is 0.211 e. The van der Waals surface area contributed by atoms with Crippen molar-refractivity contribution in [3.8, 4) is 0 Å². The van der Waals surface area contributed by atoms with Crippen LogP contribution >= 0.6 is 0 Å². The zero-order valence-corrected chi connectivity index (χ0v) is 14.3. The molecule has 2 fully saturated rings. The van der Waals surface area contributed by atoms with Gasteiger partial charge in [0.15, 0.2) is 0 Å². The molecule has 122 valence electrons. The molecule has 5 nitrogen and oxygen atoms in total. The molecule has 6 heteroatoms. The standard InChI is InChI=1S/C15H27NO4S/c1-5-14(4)10-13(11(2)3)19-15(20-14)8-6-12(7-9-15)21(16,17)18/h12H,5-10H2,1-4H3,(H2,16,17,18). The SMILES string of the molecule is CCC1(C)CC(=C(C)C)OC2(CCC(S(N)(=O)=O)CC2)O1. The van der Waals surface area contributed by atoms with Crippen molar-refractivity contribution in [2.75, 3.05) is 0 Å². The summed E-state index contributed by atoms with van der Waals surface area (Å²) in [5.74, 6) is 0.302. The number of nitrogens with two attached hydrogens (primary N) is 1. The van der Waals surface area contributed by atoms with E-state index < -0.39 is 21.1 Å². The maximum atomic E-state index is 11.5. The molecule has 1 saturated heterocycles. The summed E-state index contributed by atoms with van der Waals surface area (Å²) >= 11 is 0. The number of hydrogen-bond acceptors (Lipinski definition) is 4. The van der Waals surface area contributed by atoms with E-state index in [2.05, 4.69) is 13.8 Å². The minimum Gasteiger partial charge on any atom is -0.467 e. The van der Waals surface area contributed by atoms with Crippen LogP contribution in [0.5, 0.6) is 0 Å². The van der Waals surface area contributed by atoms with Gasteiger partial charge >= 0.3 is 0 Å². The summed E-state index contributed by atoms with van der Waals surface area (Å²) in [5, 5.41) is 4.79. The molecule has 0 bridgehead atoms. The van der Waals surface area contributed by atoms with Gasteiger partial charge in [0.1, 0.15) is 5.76 Å². The Kier molecular flexibility index (Phi) is 4.44. The van der Waals surface area contributed by atoms with Crippen molar-refractivity contribution in [1.82, 2.24) is 0 Å². The maximum absolute atomic E-state index is 11.5. The van der Waals surface area contributed by atoms with E-state index in [-0.39, 0.29) is 5.60 Å². The molecular weight excluding hydrogens is 290 g/mol. The number of primary sulfonamides is 1. The Labute approximate surface area is 127 Å². The molecule has 1 spiro atoms. The van der Waals surface area contributed by atoms with Gasteiger partial charge in [0.05, 0.1) is 10.9 Å². The molecule has 2 rings (SSSR count). The Morgan fingerprint density at radius 1 is 1.33 bits per heavy atom. The molecule has 2 aliphatic rings. The molecule has 1 saturated carbocycles. The van der Waals surface area contributed by atoms with E-state index in [0.29, 0.717) is 25.7 Å². The van der Waals surface area contributed by atoms with Gasteiger partial charge in [-0.2, -0.15) is 0 Å². The Hall–Kier alpha value is -0.590. The number of hydrogen-bond donors (Lipinski definition) is 1. The summed E-state index contributed by atoms with van der Waals surface area (Å²) < 4.78 is 35.5. The van der Waals surface area contributed by atoms with Crippen LogP contribution in [-0.2, 0) is 19.5 Å². The lowest BCUT2D eigenvalue weighted by atomic mass is 9.88. The molecule has 0 aromatic carbocycles. The second kappa shape index (κ2) is 5.56. The predicted molar refractivity (Wildman–Crippen MR) is 82.0 cm³/mol. The normalized spacial score (nSPS) is 37.4. The van der Waals surface area contributed by atoms with Crippen molar-refractivity contribution in [3.05, 3.63) is 11.3 Å². The molecule has 1 atom stereocenters. The monoisotopic (exact) mass is 317 g/mol. The van der Waals surface area contributed by atoms with Crippen LogP contribution in [0.25, 0.3) is 0 Å². The van der Waals surface area contributed by atoms with Gasteiger partial charge in [-0.15, -0.1) is 0 Å². The lowest BCUT2D eigenvalue weighted by Crippen LogP contribution is -2.52. The van der Waals surface area contributed by atoms with Gasteiger partial charge in [-0.3, -0.25) is 0 Å². The first-order valence-electron chi connectivity index (χ1n) is 7.66. The first-order valence-corrected chi connectivity index (χ1v) is 9.27. The zero-order chi connectivity index (χ0) is 15.9. The van der Waals surface area contributed by atoms with Crippen LogP contribution in [0.1, 0.15) is 66.2 Å². The van der Waals surface area contributed by atoms with E-state index in [4.69, 9.17) is 14.6 Å². The van der Waals surface area contributed by atoms with Gasteiger partial charge in [0.25, 0.3) is 0 Å². The Morgan fingerprint density at radius 3 is 2.33 bits per heavy atom. The first-order chi connectivity index (χ1) is 9.59. The quantitative estimate of drug-likeness (QED) is 0.849. The summed E-state index contributed by atoms with van der Waals surface area (Å²) in [7, 11) is -3.47. The summed E-state index contributed by atoms with van der Waals surface area (Å²) in [4.78, 5) is 0. The summed E-state index contributed by atoms with van der Waals surface area (Å²) in [6.45, 7) is 8.30. The van der Waals surface area contributed by atoms with E-state index in [1.807, 2.05) is 13.8 Å². The molecular formula is C15H27NO4S. The zero-order valence-electron chi connectivity index (χ0n) is 13.4. The highest BCUT2D eigenvalue weighted by Gasteiger charge is 2.49. The molecule has 0 amide bonds. The molecule has 1 heterocycles. The van der Waals surface area contributed by atoms with Crippen LogP contribution in [0.4, 0.5) is 0 Å². The molecule has 21 heavy (non-hydrogen) atoms. The van der Waals surface area contributed by atoms with Crippen molar-refractivity contribution in [2.24, 2.45) is 5.14 Å². The Balaban J connectivity index is 2.21. The van der Waals surface area contributed by atoms with E-state index in [1.54, 1.807) is 0 Å². The van der Waals surface area contributed by atoms with E-state index in [9.17, 15) is 8.42 Å². The average molecular weight is 317 g/mol. The fourth-order valence-electron chi connectivity index (χ4n) is 3.15. The third-order valence-corrected chi connectivity index (χ3v) is 6.14. The lowest BCUT2D eigenvalue weighted by Gasteiger charge is -2.50. The third kappa shape index (κ3) is 3.60. The van der Waals surface area contributed by atoms with Gasteiger partial charge in [0, 0.05) is 19.3 Å². The van der Waals surface area contributed by atoms with E-state index >= 15 is 0 Å². The molecule has 1 aliphatic carbocycles. The van der Waals surface area contributed by atoms with Crippen LogP contribution in [0.2, 0.25) is 0 Å². The van der Waals surface area contributed by atoms with Crippen molar-refractivity contribution in [3.63, 3.8) is 0 Å². The van der Waals surface area contributed by atoms with E-state index in [1.165, 1.54) is 0 Å². The van der Waals surface area contributed by atoms with Crippen LogP contribution < -0.4 is 5.14 Å². The molecule has 0 radical (unpaired) electrons. The molecule has 1 unspecified atom stereocenters. The van der Waals surface area contributed by atoms with Crippen LogP contribution in [-0.4, -0.2) is 25.1 Å². The number of sulfonamides is 1. The molecule has 2 N–H and O–H groups in total. The molecule has 1 aliphatic heterocycles. The fourth-order valence-corrected chi connectivity index (χ4v) is 4.04. The number of ether oxygens (including phenoxy) is 2. The highest BCUT2D eigenvalue weighted by molar-refractivity contribution is 7.89. The number of rotatable bonds is 2. The first kappa shape index (κ1) is 16.8. The molecule has 0 aromatic rings. The van der Waals surface area contributed by atoms with Gasteiger partial charge in [-0.25, -0.2) is 13.6 Å². The van der Waals surface area contributed by atoms with Gasteiger partial charge in [-0.05, 0) is 45.6 Å². The smallest absolute Gasteiger partial charge is 0.211 e. The topological polar surface area (TPSA) is 78.6 Å². The average Bonchev–Trinajstić information content (AvgIpc) is 2.37. The van der Waals surface area contributed by atoms with E-state index in [0.717, 1.165) is 24.2 Å². The lowest BCUT2D eigenvalue weighted by molar-refractivity contribution is -0.312. The largest absolute Gasteiger partial charge is 0.467 e. The summed E-state index contributed by atoms with van der Waals surface area (Å²) in [6, 6.07) is 0. The second-order valence-electron chi connectivity index (χ2n) is 6.81. The van der Waals surface area contributed by atoms with Crippen LogP contribution in [0, 0.1) is 0 Å². The summed E-state index contributed by atoms with van der Waals surface area (Å²) in [6.07, 6.45) is 3.80. The fraction of sp³-hybridized carbons (Fsp3) is 0.867. The Bertz CT molecular complexity index is 528. The van der Waals surface area contributed by atoms with Gasteiger partial charge in [-0.1, -0.05) is 6.92 Å². The van der Waals surface area contributed by atoms with Crippen molar-refractivity contribution >= 4 is 10.0 Å². The number of allylic oxidation sites excluding steroid dienone is 1. The predicted octanol–water partition coefficient (Wildman–Crippen LogP) is 2.81. The van der Waals surface area contributed by atoms with Crippen LogP contribution in [0.15, 0.2) is 11.3 Å². The van der Waals surface area contributed by atoms with Crippen molar-refractivity contribution in [2.45, 2.75) is 82.9 Å². The van der Waals surface area contributed by atoms with Gasteiger partial charge in [0.2, 0.25) is 15.8 Å². The second-order valence-corrected chi connectivity index (χ2v) is 8.65. The minimum atomic E-state index is -3.47. The van der Waals surface area contributed by atoms with Crippen LogP contribution in [0.3, 0.4) is 0 Å².